The second kappa shape index (κ2) is 4.59. The molecule has 0 bridgehead atoms. The van der Waals surface area contributed by atoms with Crippen LogP contribution >= 0.6 is 0 Å². The number of benzene rings is 1. The van der Waals surface area contributed by atoms with Gasteiger partial charge in [0, 0.05) is 23.0 Å². The van der Waals surface area contributed by atoms with Gasteiger partial charge in [0.1, 0.15) is 11.8 Å². The molecule has 0 unspecified atom stereocenters. The minimum Gasteiger partial charge on any atom is -0.443 e. The van der Waals surface area contributed by atoms with E-state index in [1.807, 2.05) is 30.5 Å². The summed E-state index contributed by atoms with van der Waals surface area (Å²) < 4.78 is 7.12. The fourth-order valence-electron chi connectivity index (χ4n) is 2.51. The molecule has 7 heteroatoms. The van der Waals surface area contributed by atoms with Gasteiger partial charge in [-0.05, 0) is 17.7 Å². The van der Waals surface area contributed by atoms with Crippen molar-refractivity contribution in [3.05, 3.63) is 49.4 Å². The number of nitrogen functional groups attached to an aromatic ring is 2. The van der Waals surface area contributed by atoms with Gasteiger partial charge >= 0.3 is 0 Å². The summed E-state index contributed by atoms with van der Waals surface area (Å²) in [5, 5.41) is 4.22. The maximum Gasteiger partial charge on any atom is 0.181 e. The van der Waals surface area contributed by atoms with Crippen LogP contribution in [0.15, 0.2) is 53.8 Å². The molecule has 1 aromatic carbocycles. The Morgan fingerprint density at radius 2 is 1.91 bits per heavy atom. The van der Waals surface area contributed by atoms with E-state index in [1.165, 1.54) is 12.7 Å². The Morgan fingerprint density at radius 1 is 1.09 bits per heavy atom. The highest BCUT2D eigenvalue weighted by Crippen LogP contribution is 2.38. The van der Waals surface area contributed by atoms with Crippen molar-refractivity contribution < 1.29 is 4.42 Å². The summed E-state index contributed by atoms with van der Waals surface area (Å²) in [6.07, 6.45) is 6.30. The monoisotopic (exact) mass is 292 g/mol. The minimum absolute atomic E-state index is 0.396. The molecule has 0 saturated carbocycles. The van der Waals surface area contributed by atoms with Crippen LogP contribution in [0.2, 0.25) is 0 Å². The molecule has 7 nitrogen and oxygen atoms in total. The maximum absolute atomic E-state index is 6.05. The van der Waals surface area contributed by atoms with Gasteiger partial charge in [-0.15, -0.1) is 0 Å². The van der Waals surface area contributed by atoms with E-state index in [1.54, 1.807) is 10.7 Å². The lowest BCUT2D eigenvalue weighted by Crippen LogP contribution is -1.98. The number of nitrogens with zero attached hydrogens (tertiary/aromatic N) is 4. The maximum atomic E-state index is 6.05. The third-order valence-corrected chi connectivity index (χ3v) is 3.50. The quantitative estimate of drug-likeness (QED) is 0.548. The molecule has 3 aromatic heterocycles. The largest absolute Gasteiger partial charge is 0.443 e. The van der Waals surface area contributed by atoms with Crippen LogP contribution in [-0.2, 0) is 0 Å². The zero-order valence-corrected chi connectivity index (χ0v) is 11.5. The molecule has 0 saturated heterocycles. The van der Waals surface area contributed by atoms with Crippen molar-refractivity contribution in [3.8, 4) is 22.5 Å². The Labute approximate surface area is 125 Å². The van der Waals surface area contributed by atoms with Gasteiger partial charge in [-0.2, -0.15) is 5.10 Å². The van der Waals surface area contributed by atoms with E-state index in [9.17, 15) is 0 Å². The summed E-state index contributed by atoms with van der Waals surface area (Å²) >= 11 is 0. The Kier molecular flexibility index (Phi) is 2.59. The Morgan fingerprint density at radius 3 is 2.64 bits per heavy atom. The van der Waals surface area contributed by atoms with Crippen LogP contribution in [0.3, 0.4) is 0 Å². The third-order valence-electron chi connectivity index (χ3n) is 3.50. The van der Waals surface area contributed by atoms with Crippen molar-refractivity contribution in [2.75, 3.05) is 11.5 Å². The fourth-order valence-corrected chi connectivity index (χ4v) is 2.51. The second-order valence-corrected chi connectivity index (χ2v) is 4.84. The molecule has 0 aliphatic heterocycles. The molecule has 4 rings (SSSR count). The molecule has 0 radical (unpaired) electrons. The first-order chi connectivity index (χ1) is 10.7. The summed E-state index contributed by atoms with van der Waals surface area (Å²) in [5.74, 6) is 1.03. The van der Waals surface area contributed by atoms with E-state index in [0.717, 1.165) is 22.2 Å². The van der Waals surface area contributed by atoms with Crippen molar-refractivity contribution >= 4 is 17.0 Å². The van der Waals surface area contributed by atoms with Crippen LogP contribution in [0.5, 0.6) is 0 Å². The summed E-state index contributed by atoms with van der Waals surface area (Å²) in [4.78, 5) is 8.06. The van der Waals surface area contributed by atoms with Gasteiger partial charge in [-0.3, -0.25) is 0 Å². The van der Waals surface area contributed by atoms with Crippen LogP contribution in [0.25, 0.3) is 28.0 Å². The van der Waals surface area contributed by atoms with E-state index >= 15 is 0 Å². The molecule has 22 heavy (non-hydrogen) atoms. The lowest BCUT2D eigenvalue weighted by atomic mass is 10.0. The van der Waals surface area contributed by atoms with Crippen molar-refractivity contribution in [3.63, 3.8) is 0 Å². The average Bonchev–Trinajstić information content (AvgIpc) is 3.15. The summed E-state index contributed by atoms with van der Waals surface area (Å²) in [6, 6.07) is 7.53. The molecule has 0 aliphatic carbocycles. The molecular formula is C15H12N6O. The van der Waals surface area contributed by atoms with E-state index < -0.39 is 0 Å². The molecule has 4 N–H and O–H groups in total. The molecule has 0 aliphatic rings. The van der Waals surface area contributed by atoms with Crippen LogP contribution in [0, 0.1) is 0 Å². The van der Waals surface area contributed by atoms with Gasteiger partial charge in [0.05, 0.1) is 6.20 Å². The highest BCUT2D eigenvalue weighted by Gasteiger charge is 2.19. The molecule has 108 valence electrons. The van der Waals surface area contributed by atoms with Crippen molar-refractivity contribution in [1.82, 2.24) is 19.6 Å². The second-order valence-electron chi connectivity index (χ2n) is 4.84. The first-order valence-electron chi connectivity index (χ1n) is 6.60. The molecular weight excluding hydrogens is 280 g/mol. The van der Waals surface area contributed by atoms with Crippen molar-refractivity contribution in [1.29, 1.82) is 0 Å². The predicted octanol–water partition coefficient (Wildman–Crippen LogP) is 2.22. The minimum atomic E-state index is 0.396. The summed E-state index contributed by atoms with van der Waals surface area (Å²) in [6.45, 7) is 0. The zero-order chi connectivity index (χ0) is 15.1. The number of hydrogen-bond acceptors (Lipinski definition) is 6. The lowest BCUT2D eigenvalue weighted by Gasteiger charge is -2.05. The molecule has 0 spiro atoms. The van der Waals surface area contributed by atoms with Gasteiger partial charge in [-0.25, -0.2) is 14.5 Å². The van der Waals surface area contributed by atoms with Gasteiger partial charge in [0.25, 0.3) is 0 Å². The molecule has 0 fully saturated rings. The fraction of sp³-hybridized carbons (Fsp3) is 0. The first kappa shape index (κ1) is 12.4. The van der Waals surface area contributed by atoms with E-state index in [-0.39, 0.29) is 0 Å². The standard InChI is InChI=1S/C15H12N6O/c16-10-3-1-9(2-4-10)13-11(12-5-18-8-22-12)6-21-14(13)15(17)19-7-20-21/h1-8H,16H2,(H2,17,19,20). The van der Waals surface area contributed by atoms with Crippen LogP contribution in [-0.4, -0.2) is 19.6 Å². The van der Waals surface area contributed by atoms with Gasteiger partial charge in [0.2, 0.25) is 0 Å². The van der Waals surface area contributed by atoms with Crippen molar-refractivity contribution in [2.24, 2.45) is 0 Å². The molecule has 0 amide bonds. The Hall–Kier alpha value is -3.35. The zero-order valence-electron chi connectivity index (χ0n) is 11.5. The van der Waals surface area contributed by atoms with E-state index in [4.69, 9.17) is 15.9 Å². The Balaban J connectivity index is 2.09. The number of hydrogen-bond donors (Lipinski definition) is 2. The summed E-state index contributed by atoms with van der Waals surface area (Å²) in [7, 11) is 0. The summed E-state index contributed by atoms with van der Waals surface area (Å²) in [5.41, 5.74) is 15.9. The van der Waals surface area contributed by atoms with Gasteiger partial charge in [-0.1, -0.05) is 12.1 Å². The predicted molar refractivity (Wildman–Crippen MR) is 82.7 cm³/mol. The average molecular weight is 292 g/mol. The van der Waals surface area contributed by atoms with Gasteiger partial charge < -0.3 is 15.9 Å². The number of nitrogens with two attached hydrogens (primary N) is 2. The van der Waals surface area contributed by atoms with E-state index in [2.05, 4.69) is 15.1 Å². The first-order valence-corrected chi connectivity index (χ1v) is 6.60. The number of aromatic nitrogens is 4. The third kappa shape index (κ3) is 1.80. The number of anilines is 2. The normalized spacial score (nSPS) is 11.1. The number of fused-ring (bicyclic) bond motifs is 1. The van der Waals surface area contributed by atoms with Crippen LogP contribution in [0.1, 0.15) is 0 Å². The highest BCUT2D eigenvalue weighted by molar-refractivity contribution is 5.97. The highest BCUT2D eigenvalue weighted by atomic mass is 16.3. The smallest absolute Gasteiger partial charge is 0.181 e. The Bertz CT molecular complexity index is 940. The molecule has 3 heterocycles. The van der Waals surface area contributed by atoms with Crippen LogP contribution < -0.4 is 11.5 Å². The number of rotatable bonds is 2. The van der Waals surface area contributed by atoms with Crippen LogP contribution in [0.4, 0.5) is 11.5 Å². The van der Waals surface area contributed by atoms with Gasteiger partial charge in [0.15, 0.2) is 18.0 Å². The molecule has 0 atom stereocenters. The topological polar surface area (TPSA) is 108 Å². The lowest BCUT2D eigenvalue weighted by molar-refractivity contribution is 0.572. The molecule has 4 aromatic rings. The SMILES string of the molecule is Nc1ccc(-c2c(-c3cnco3)cn3ncnc(N)c23)cc1. The van der Waals surface area contributed by atoms with Crippen molar-refractivity contribution in [2.45, 2.75) is 0 Å². The number of oxazole rings is 1. The van der Waals surface area contributed by atoms with E-state index in [0.29, 0.717) is 17.3 Å².